The van der Waals surface area contributed by atoms with Gasteiger partial charge in [-0.1, -0.05) is 19.9 Å². The Kier molecular flexibility index (Phi) is 5.65. The van der Waals surface area contributed by atoms with Crippen LogP contribution in [-0.4, -0.2) is 35.0 Å². The number of rotatable bonds is 4. The van der Waals surface area contributed by atoms with Gasteiger partial charge < -0.3 is 14.0 Å². The average molecular weight is 452 g/mol. The summed E-state index contributed by atoms with van der Waals surface area (Å²) >= 11 is 0. The molecule has 0 radical (unpaired) electrons. The van der Waals surface area contributed by atoms with Crippen LogP contribution in [-0.2, 0) is 9.31 Å². The summed E-state index contributed by atoms with van der Waals surface area (Å²) in [4.78, 5) is 17.7. The fourth-order valence-corrected chi connectivity index (χ4v) is 4.06. The van der Waals surface area contributed by atoms with Crippen molar-refractivity contribution in [2.24, 2.45) is 0 Å². The van der Waals surface area contributed by atoms with Crippen LogP contribution in [0.3, 0.4) is 0 Å². The summed E-state index contributed by atoms with van der Waals surface area (Å²) in [6, 6.07) is 4.71. The third kappa shape index (κ3) is 3.85. The van der Waals surface area contributed by atoms with E-state index in [1.165, 1.54) is 13.2 Å². The molecule has 1 aliphatic heterocycles. The lowest BCUT2D eigenvalue weighted by Gasteiger charge is -2.32. The highest BCUT2D eigenvalue weighted by Gasteiger charge is 2.52. The molecule has 0 unspecified atom stereocenters. The summed E-state index contributed by atoms with van der Waals surface area (Å²) in [6.07, 6.45) is 3.48. The van der Waals surface area contributed by atoms with Gasteiger partial charge >= 0.3 is 7.12 Å². The van der Waals surface area contributed by atoms with Crippen LogP contribution in [0.1, 0.15) is 58.6 Å². The Morgan fingerprint density at radius 1 is 1.09 bits per heavy atom. The summed E-state index contributed by atoms with van der Waals surface area (Å²) in [6.45, 7) is 13.7. The van der Waals surface area contributed by atoms with E-state index in [0.29, 0.717) is 27.8 Å². The lowest BCUT2D eigenvalue weighted by atomic mass is 9.77. The Morgan fingerprint density at radius 2 is 1.73 bits per heavy atom. The van der Waals surface area contributed by atoms with Crippen LogP contribution in [0.5, 0.6) is 5.88 Å². The quantitative estimate of drug-likeness (QED) is 0.554. The van der Waals surface area contributed by atoms with Crippen LogP contribution in [0.25, 0.3) is 16.5 Å². The number of ether oxygens (including phenoxy) is 1. The van der Waals surface area contributed by atoms with Gasteiger partial charge in [0.2, 0.25) is 5.88 Å². The van der Waals surface area contributed by atoms with Gasteiger partial charge in [0.1, 0.15) is 5.82 Å². The maximum atomic E-state index is 15.4. The van der Waals surface area contributed by atoms with Gasteiger partial charge in [-0.3, -0.25) is 9.36 Å². The molecular weight excluding hydrogens is 422 g/mol. The number of hydrogen-bond acceptors (Lipinski definition) is 5. The van der Waals surface area contributed by atoms with Gasteiger partial charge in [0.05, 0.1) is 29.4 Å². The predicted molar refractivity (Wildman–Crippen MR) is 128 cm³/mol. The minimum absolute atomic E-state index is 0.0833. The van der Waals surface area contributed by atoms with Gasteiger partial charge in [0, 0.05) is 23.9 Å². The minimum Gasteiger partial charge on any atom is -0.481 e. The molecule has 0 N–H and O–H groups in total. The molecule has 1 aromatic carbocycles. The Morgan fingerprint density at radius 3 is 2.30 bits per heavy atom. The van der Waals surface area contributed by atoms with E-state index in [-0.39, 0.29) is 11.5 Å². The van der Waals surface area contributed by atoms with Crippen LogP contribution >= 0.6 is 0 Å². The molecule has 0 spiro atoms. The molecule has 174 valence electrons. The average Bonchev–Trinajstić information content (AvgIpc) is 2.95. The number of benzene rings is 1. The summed E-state index contributed by atoms with van der Waals surface area (Å²) in [7, 11) is 0.671. The highest BCUT2D eigenvalue weighted by molar-refractivity contribution is 6.62. The second-order valence-electron chi connectivity index (χ2n) is 9.94. The molecule has 1 aliphatic rings. The highest BCUT2D eigenvalue weighted by atomic mass is 19.1. The fraction of sp³-hybridized carbons (Fsp3) is 0.440. The van der Waals surface area contributed by atoms with Crippen LogP contribution in [0.2, 0.25) is 0 Å². The Labute approximate surface area is 193 Å². The molecule has 33 heavy (non-hydrogen) atoms. The predicted octanol–water partition coefficient (Wildman–Crippen LogP) is 4.26. The van der Waals surface area contributed by atoms with Crippen molar-refractivity contribution in [2.75, 3.05) is 7.11 Å². The third-order valence-corrected chi connectivity index (χ3v) is 6.81. The first kappa shape index (κ1) is 23.5. The molecule has 3 heterocycles. The van der Waals surface area contributed by atoms with Gasteiger partial charge in [-0.15, -0.1) is 0 Å². The Balaban J connectivity index is 1.95. The van der Waals surface area contributed by atoms with Crippen molar-refractivity contribution in [2.45, 2.75) is 65.6 Å². The van der Waals surface area contributed by atoms with Crippen molar-refractivity contribution in [3.8, 4) is 11.6 Å². The molecule has 8 heteroatoms. The van der Waals surface area contributed by atoms with E-state index in [0.717, 1.165) is 11.1 Å². The summed E-state index contributed by atoms with van der Waals surface area (Å²) < 4.78 is 34.3. The number of hydrogen-bond donors (Lipinski definition) is 0. The maximum absolute atomic E-state index is 15.4. The topological polar surface area (TPSA) is 62.6 Å². The zero-order valence-corrected chi connectivity index (χ0v) is 20.4. The van der Waals surface area contributed by atoms with Gasteiger partial charge in [-0.25, -0.2) is 9.37 Å². The largest absolute Gasteiger partial charge is 0.497 e. The number of nitrogens with zero attached hydrogens (tertiary/aromatic N) is 2. The van der Waals surface area contributed by atoms with Gasteiger partial charge in [-0.2, -0.15) is 0 Å². The molecule has 1 fully saturated rings. The van der Waals surface area contributed by atoms with Crippen molar-refractivity contribution in [3.05, 3.63) is 57.9 Å². The molecule has 3 aromatic rings. The van der Waals surface area contributed by atoms with E-state index in [1.807, 2.05) is 54.7 Å². The summed E-state index contributed by atoms with van der Waals surface area (Å²) in [5.41, 5.74) is 1.15. The standard InChI is InChI=1S/C25H30BFN2O4/c1-14(2)18-13-29(21-11-22(31-8)28-12-15(21)3)23(30)17-10-20(27)19(9-16(17)18)26-32-24(4,5)25(6,7)33-26/h9-14H,1-8H3. The lowest BCUT2D eigenvalue weighted by molar-refractivity contribution is 0.00578. The molecule has 2 aromatic heterocycles. The zero-order chi connectivity index (χ0) is 24.3. The molecule has 0 bridgehead atoms. The molecule has 1 saturated heterocycles. The second-order valence-corrected chi connectivity index (χ2v) is 9.94. The van der Waals surface area contributed by atoms with Crippen LogP contribution in [0, 0.1) is 12.7 Å². The molecule has 4 rings (SSSR count). The van der Waals surface area contributed by atoms with Gasteiger partial charge in [-0.05, 0) is 63.1 Å². The summed E-state index contributed by atoms with van der Waals surface area (Å²) in [5, 5.41) is 0.991. The first-order chi connectivity index (χ1) is 15.4. The monoisotopic (exact) mass is 452 g/mol. The molecule has 6 nitrogen and oxygen atoms in total. The number of fused-ring (bicyclic) bond motifs is 1. The second kappa shape index (κ2) is 7.96. The van der Waals surface area contributed by atoms with Gasteiger partial charge in [0.25, 0.3) is 5.56 Å². The SMILES string of the molecule is COc1cc(-n2cc(C(C)C)c3cc(B4OC(C)(C)C(C)(C)O4)c(F)cc3c2=O)c(C)cn1. The lowest BCUT2D eigenvalue weighted by Crippen LogP contribution is -2.41. The summed E-state index contributed by atoms with van der Waals surface area (Å²) in [5.74, 6) is -0.0504. The smallest absolute Gasteiger partial charge is 0.481 e. The van der Waals surface area contributed by atoms with Crippen molar-refractivity contribution in [3.63, 3.8) is 0 Å². The van der Waals surface area contributed by atoms with E-state index in [9.17, 15) is 4.79 Å². The normalized spacial score (nSPS) is 17.2. The molecule has 0 saturated carbocycles. The Bertz CT molecular complexity index is 1280. The first-order valence-corrected chi connectivity index (χ1v) is 11.1. The fourth-order valence-electron chi connectivity index (χ4n) is 4.06. The van der Waals surface area contributed by atoms with E-state index >= 15 is 4.39 Å². The molecule has 0 atom stereocenters. The number of pyridine rings is 2. The number of halogens is 1. The number of aromatic nitrogens is 2. The van der Waals surface area contributed by atoms with Crippen LogP contribution in [0.15, 0.2) is 35.4 Å². The van der Waals surface area contributed by atoms with Crippen molar-refractivity contribution < 1.29 is 18.4 Å². The minimum atomic E-state index is -0.853. The van der Waals surface area contributed by atoms with E-state index in [2.05, 4.69) is 4.98 Å². The third-order valence-electron chi connectivity index (χ3n) is 6.81. The van der Waals surface area contributed by atoms with E-state index in [4.69, 9.17) is 14.0 Å². The maximum Gasteiger partial charge on any atom is 0.497 e. The van der Waals surface area contributed by atoms with Crippen LogP contribution in [0.4, 0.5) is 4.39 Å². The highest BCUT2D eigenvalue weighted by Crippen LogP contribution is 2.37. The number of aryl methyl sites for hydroxylation is 1. The van der Waals surface area contributed by atoms with Crippen molar-refractivity contribution >= 4 is 23.4 Å². The van der Waals surface area contributed by atoms with E-state index < -0.39 is 24.1 Å². The molecule has 0 amide bonds. The number of methoxy groups -OCH3 is 1. The molecule has 0 aliphatic carbocycles. The van der Waals surface area contributed by atoms with Crippen LogP contribution < -0.4 is 15.8 Å². The molecular formula is C25H30BFN2O4. The van der Waals surface area contributed by atoms with Gasteiger partial charge in [0.15, 0.2) is 0 Å². The zero-order valence-electron chi connectivity index (χ0n) is 20.4. The first-order valence-electron chi connectivity index (χ1n) is 11.1. The Hall–Kier alpha value is -2.71. The van der Waals surface area contributed by atoms with Crippen molar-refractivity contribution in [1.29, 1.82) is 0 Å². The van der Waals surface area contributed by atoms with E-state index in [1.54, 1.807) is 22.9 Å². The van der Waals surface area contributed by atoms with Crippen molar-refractivity contribution in [1.82, 2.24) is 9.55 Å².